The number of benzene rings is 1. The largest absolute Gasteiger partial charge is 0.549 e. The molecule has 2 aromatic rings. The van der Waals surface area contributed by atoms with Gasteiger partial charge in [0.25, 0.3) is 0 Å². The van der Waals surface area contributed by atoms with Crippen molar-refractivity contribution in [1.29, 1.82) is 0 Å². The average Bonchev–Trinajstić information content (AvgIpc) is 2.78. The van der Waals surface area contributed by atoms with Crippen LogP contribution in [0.1, 0.15) is 11.1 Å². The predicted octanol–water partition coefficient (Wildman–Crippen LogP) is 1.33. The molecule has 0 fully saturated rings. The number of carboxylic acids is 1. The molecule has 0 saturated carbocycles. The second-order valence-corrected chi connectivity index (χ2v) is 4.90. The summed E-state index contributed by atoms with van der Waals surface area (Å²) in [6, 6.07) is 6.02. The lowest BCUT2D eigenvalue weighted by molar-refractivity contribution is -0.301. The van der Waals surface area contributed by atoms with Crippen molar-refractivity contribution >= 4 is 17.7 Å². The molecular formula is C13H13N2O2S-. The number of aromatic nitrogens is 2. The van der Waals surface area contributed by atoms with Crippen LogP contribution in [0.25, 0.3) is 5.69 Å². The number of rotatable bonds is 4. The van der Waals surface area contributed by atoms with Crippen LogP contribution in [0, 0.1) is 13.8 Å². The number of aryl methyl sites for hydroxylation is 1. The minimum atomic E-state index is -1.09. The fourth-order valence-corrected chi connectivity index (χ4v) is 2.38. The van der Waals surface area contributed by atoms with E-state index in [9.17, 15) is 9.90 Å². The van der Waals surface area contributed by atoms with Crippen LogP contribution >= 0.6 is 11.8 Å². The van der Waals surface area contributed by atoms with Gasteiger partial charge in [-0.1, -0.05) is 23.9 Å². The van der Waals surface area contributed by atoms with Gasteiger partial charge in [0.15, 0.2) is 5.16 Å². The fraction of sp³-hybridized carbons (Fsp3) is 0.231. The summed E-state index contributed by atoms with van der Waals surface area (Å²) in [4.78, 5) is 14.7. The van der Waals surface area contributed by atoms with Gasteiger partial charge in [-0.25, -0.2) is 4.98 Å². The number of carboxylic acid groups (broad SMARTS) is 1. The number of thioether (sulfide) groups is 1. The Hall–Kier alpha value is -1.75. The van der Waals surface area contributed by atoms with Gasteiger partial charge in [0.2, 0.25) is 0 Å². The molecule has 0 amide bonds. The Bertz CT molecular complexity index is 578. The minimum Gasteiger partial charge on any atom is -0.549 e. The summed E-state index contributed by atoms with van der Waals surface area (Å²) < 4.78 is 1.90. The molecule has 1 aromatic heterocycles. The molecule has 1 aromatic carbocycles. The molecule has 0 bridgehead atoms. The van der Waals surface area contributed by atoms with Gasteiger partial charge < -0.3 is 9.90 Å². The number of imidazole rings is 1. The van der Waals surface area contributed by atoms with E-state index in [2.05, 4.69) is 4.98 Å². The van der Waals surface area contributed by atoms with Crippen LogP contribution in [0.5, 0.6) is 0 Å². The molecule has 0 N–H and O–H groups in total. The van der Waals surface area contributed by atoms with Crippen LogP contribution in [0.15, 0.2) is 35.7 Å². The molecule has 94 valence electrons. The van der Waals surface area contributed by atoms with E-state index in [-0.39, 0.29) is 5.75 Å². The second kappa shape index (κ2) is 5.27. The Morgan fingerprint density at radius 1 is 1.44 bits per heavy atom. The number of carbonyl (C=O) groups excluding carboxylic acids is 1. The van der Waals surface area contributed by atoms with Crippen LogP contribution in [0.2, 0.25) is 0 Å². The topological polar surface area (TPSA) is 58.0 Å². The average molecular weight is 261 g/mol. The molecule has 0 saturated heterocycles. The van der Waals surface area contributed by atoms with Crippen molar-refractivity contribution in [3.05, 3.63) is 41.7 Å². The third-order valence-electron chi connectivity index (χ3n) is 2.76. The van der Waals surface area contributed by atoms with Gasteiger partial charge in [-0.15, -0.1) is 0 Å². The number of nitrogens with zero attached hydrogens (tertiary/aromatic N) is 2. The first-order valence-corrected chi connectivity index (χ1v) is 6.50. The Morgan fingerprint density at radius 2 is 2.22 bits per heavy atom. The van der Waals surface area contributed by atoms with E-state index < -0.39 is 5.97 Å². The maximum atomic E-state index is 10.5. The Balaban J connectivity index is 2.36. The van der Waals surface area contributed by atoms with E-state index in [4.69, 9.17) is 0 Å². The fourth-order valence-electron chi connectivity index (χ4n) is 1.70. The highest BCUT2D eigenvalue weighted by Gasteiger charge is 2.08. The van der Waals surface area contributed by atoms with Crippen molar-refractivity contribution in [3.63, 3.8) is 0 Å². The molecule has 0 aliphatic rings. The van der Waals surface area contributed by atoms with E-state index in [1.165, 1.54) is 5.56 Å². The van der Waals surface area contributed by atoms with Gasteiger partial charge in [-0.05, 0) is 31.0 Å². The highest BCUT2D eigenvalue weighted by molar-refractivity contribution is 7.99. The number of aliphatic carboxylic acids is 1. The lowest BCUT2D eigenvalue weighted by atomic mass is 10.1. The molecular weight excluding hydrogens is 248 g/mol. The number of carbonyl (C=O) groups is 1. The monoisotopic (exact) mass is 261 g/mol. The molecule has 1 heterocycles. The van der Waals surface area contributed by atoms with Crippen LogP contribution in [0.4, 0.5) is 0 Å². The van der Waals surface area contributed by atoms with Crippen molar-refractivity contribution in [2.24, 2.45) is 0 Å². The van der Waals surface area contributed by atoms with E-state index in [1.807, 2.05) is 42.8 Å². The maximum absolute atomic E-state index is 10.5. The normalized spacial score (nSPS) is 10.6. The first-order chi connectivity index (χ1) is 8.59. The Morgan fingerprint density at radius 3 is 2.94 bits per heavy atom. The van der Waals surface area contributed by atoms with Crippen LogP contribution in [0.3, 0.4) is 0 Å². The summed E-state index contributed by atoms with van der Waals surface area (Å²) >= 11 is 1.16. The first kappa shape index (κ1) is 12.7. The lowest BCUT2D eigenvalue weighted by Gasteiger charge is -2.12. The summed E-state index contributed by atoms with van der Waals surface area (Å²) in [5.74, 6) is -1.18. The van der Waals surface area contributed by atoms with Crippen molar-refractivity contribution < 1.29 is 9.90 Å². The van der Waals surface area contributed by atoms with Gasteiger partial charge in [-0.3, -0.25) is 4.57 Å². The highest BCUT2D eigenvalue weighted by atomic mass is 32.2. The SMILES string of the molecule is Cc1cccc(-n2ccnc2SCC(=O)[O-])c1C. The standard InChI is InChI=1S/C13H14N2O2S/c1-9-4-3-5-11(10(9)2)15-7-6-14-13(15)18-8-12(16)17/h3-7H,8H2,1-2H3,(H,16,17)/p-1. The highest BCUT2D eigenvalue weighted by Crippen LogP contribution is 2.23. The van der Waals surface area contributed by atoms with Gasteiger partial charge in [0.05, 0.1) is 11.7 Å². The minimum absolute atomic E-state index is 0.0954. The van der Waals surface area contributed by atoms with E-state index >= 15 is 0 Å². The number of hydrogen-bond acceptors (Lipinski definition) is 4. The number of hydrogen-bond donors (Lipinski definition) is 0. The molecule has 0 unspecified atom stereocenters. The zero-order chi connectivity index (χ0) is 13.1. The quantitative estimate of drug-likeness (QED) is 0.779. The van der Waals surface area contributed by atoms with Gasteiger partial charge in [0.1, 0.15) is 0 Å². The lowest BCUT2D eigenvalue weighted by Crippen LogP contribution is -2.24. The van der Waals surface area contributed by atoms with Crippen LogP contribution in [-0.4, -0.2) is 21.3 Å². The van der Waals surface area contributed by atoms with Gasteiger partial charge in [-0.2, -0.15) is 0 Å². The molecule has 18 heavy (non-hydrogen) atoms. The zero-order valence-corrected chi connectivity index (χ0v) is 11.0. The molecule has 0 spiro atoms. The molecule has 5 heteroatoms. The Labute approximate surface area is 110 Å². The molecule has 0 atom stereocenters. The zero-order valence-electron chi connectivity index (χ0n) is 10.2. The summed E-state index contributed by atoms with van der Waals surface area (Å²) in [5, 5.41) is 11.2. The molecule has 2 rings (SSSR count). The molecule has 4 nitrogen and oxygen atoms in total. The maximum Gasteiger partial charge on any atom is 0.172 e. The van der Waals surface area contributed by atoms with Crippen molar-refractivity contribution in [2.75, 3.05) is 5.75 Å². The van der Waals surface area contributed by atoms with Crippen molar-refractivity contribution in [3.8, 4) is 5.69 Å². The third-order valence-corrected chi connectivity index (χ3v) is 3.70. The van der Waals surface area contributed by atoms with E-state index in [0.717, 1.165) is 23.0 Å². The summed E-state index contributed by atoms with van der Waals surface area (Å²) in [6.45, 7) is 4.08. The Kier molecular flexibility index (Phi) is 3.72. The third kappa shape index (κ3) is 2.56. The van der Waals surface area contributed by atoms with Crippen molar-refractivity contribution in [1.82, 2.24) is 9.55 Å². The van der Waals surface area contributed by atoms with E-state index in [1.54, 1.807) is 6.20 Å². The summed E-state index contributed by atoms with van der Waals surface area (Å²) in [6.07, 6.45) is 3.50. The van der Waals surface area contributed by atoms with Gasteiger partial charge in [0, 0.05) is 18.1 Å². The summed E-state index contributed by atoms with van der Waals surface area (Å²) in [5.41, 5.74) is 3.37. The first-order valence-electron chi connectivity index (χ1n) is 5.52. The predicted molar refractivity (Wildman–Crippen MR) is 68.8 cm³/mol. The molecule has 0 aliphatic heterocycles. The molecule has 0 aliphatic carbocycles. The second-order valence-electron chi connectivity index (χ2n) is 3.96. The van der Waals surface area contributed by atoms with Crippen LogP contribution < -0.4 is 5.11 Å². The van der Waals surface area contributed by atoms with Crippen molar-refractivity contribution in [2.45, 2.75) is 19.0 Å². The van der Waals surface area contributed by atoms with E-state index in [0.29, 0.717) is 5.16 Å². The van der Waals surface area contributed by atoms with Gasteiger partial charge >= 0.3 is 0 Å². The molecule has 0 radical (unpaired) electrons. The van der Waals surface area contributed by atoms with Crippen LogP contribution in [-0.2, 0) is 4.79 Å². The smallest absolute Gasteiger partial charge is 0.172 e. The summed E-state index contributed by atoms with van der Waals surface area (Å²) in [7, 11) is 0.